The molecular weight excluding hydrogens is 384 g/mol. The minimum Gasteiger partial charge on any atom is -0.347 e. The number of aryl methyl sites for hydroxylation is 3. The molecule has 0 spiro atoms. The van der Waals surface area contributed by atoms with E-state index >= 15 is 0 Å². The number of hydrogen-bond acceptors (Lipinski definition) is 3. The largest absolute Gasteiger partial charge is 0.347 e. The fourth-order valence-corrected chi connectivity index (χ4v) is 5.43. The van der Waals surface area contributed by atoms with Crippen LogP contribution in [0.5, 0.6) is 0 Å². The van der Waals surface area contributed by atoms with Gasteiger partial charge in [0.1, 0.15) is 6.04 Å². The Kier molecular flexibility index (Phi) is 6.32. The predicted octanol–water partition coefficient (Wildman–Crippen LogP) is 4.04. The van der Waals surface area contributed by atoms with E-state index in [1.54, 1.807) is 0 Å². The van der Waals surface area contributed by atoms with Gasteiger partial charge in [0.15, 0.2) is 0 Å². The van der Waals surface area contributed by atoms with E-state index in [1.807, 2.05) is 51.1 Å². The van der Waals surface area contributed by atoms with Gasteiger partial charge in [0.05, 0.1) is 18.0 Å². The molecular formula is C23H30N2O3S. The van der Waals surface area contributed by atoms with Gasteiger partial charge in [-0.15, -0.1) is 0 Å². The van der Waals surface area contributed by atoms with E-state index in [0.29, 0.717) is 12.1 Å². The van der Waals surface area contributed by atoms with Gasteiger partial charge in [0.2, 0.25) is 15.9 Å². The Bertz CT molecular complexity index is 1000. The van der Waals surface area contributed by atoms with Crippen molar-refractivity contribution in [3.63, 3.8) is 0 Å². The van der Waals surface area contributed by atoms with Crippen LogP contribution in [0.25, 0.3) is 0 Å². The first-order valence-electron chi connectivity index (χ1n) is 10.2. The number of nitrogens with one attached hydrogen (secondary N) is 1. The lowest BCUT2D eigenvalue weighted by Gasteiger charge is -2.34. The van der Waals surface area contributed by atoms with Crippen LogP contribution in [-0.2, 0) is 21.2 Å². The van der Waals surface area contributed by atoms with Gasteiger partial charge in [0.25, 0.3) is 0 Å². The zero-order valence-electron chi connectivity index (χ0n) is 17.6. The van der Waals surface area contributed by atoms with Crippen LogP contribution in [0.2, 0.25) is 0 Å². The van der Waals surface area contributed by atoms with E-state index in [4.69, 9.17) is 0 Å². The minimum atomic E-state index is -3.64. The van der Waals surface area contributed by atoms with Crippen molar-refractivity contribution in [3.8, 4) is 0 Å². The van der Waals surface area contributed by atoms with E-state index < -0.39 is 16.1 Å². The third-order valence-electron chi connectivity index (χ3n) is 5.62. The number of anilines is 1. The normalized spacial score (nSPS) is 17.3. The molecule has 156 valence electrons. The highest BCUT2D eigenvalue weighted by Crippen LogP contribution is 2.31. The number of sulfonamides is 1. The first kappa shape index (κ1) is 21.4. The maximum atomic E-state index is 13.3. The number of nitrogens with zero attached hydrogens (tertiary/aromatic N) is 1. The summed E-state index contributed by atoms with van der Waals surface area (Å²) < 4.78 is 26.8. The lowest BCUT2D eigenvalue weighted by molar-refractivity contribution is -0.123. The third kappa shape index (κ3) is 4.64. The van der Waals surface area contributed by atoms with Crippen LogP contribution in [0.3, 0.4) is 0 Å². The number of amides is 1. The number of fused-ring (bicyclic) bond motifs is 1. The Morgan fingerprint density at radius 1 is 1.21 bits per heavy atom. The summed E-state index contributed by atoms with van der Waals surface area (Å²) in [5.41, 5.74) is 4.75. The minimum absolute atomic E-state index is 0.0819. The molecule has 2 aromatic carbocycles. The second-order valence-corrected chi connectivity index (χ2v) is 9.78. The average Bonchev–Trinajstić information content (AvgIpc) is 2.67. The van der Waals surface area contributed by atoms with E-state index in [9.17, 15) is 13.2 Å². The maximum absolute atomic E-state index is 13.3. The first-order chi connectivity index (χ1) is 13.7. The number of carbonyl (C=O) groups excluding carboxylic acids is 1. The molecule has 2 atom stereocenters. The second kappa shape index (κ2) is 8.57. The van der Waals surface area contributed by atoms with Gasteiger partial charge < -0.3 is 5.32 Å². The fraction of sp³-hybridized carbons (Fsp3) is 0.435. The van der Waals surface area contributed by atoms with Crippen LogP contribution in [-0.4, -0.2) is 26.6 Å². The van der Waals surface area contributed by atoms with E-state index in [1.165, 1.54) is 16.1 Å². The maximum Gasteiger partial charge on any atom is 0.244 e. The van der Waals surface area contributed by atoms with E-state index in [-0.39, 0.29) is 11.9 Å². The summed E-state index contributed by atoms with van der Waals surface area (Å²) in [6.07, 6.45) is 4.44. The van der Waals surface area contributed by atoms with Gasteiger partial charge in [0, 0.05) is 0 Å². The summed E-state index contributed by atoms with van der Waals surface area (Å²) in [6, 6.07) is 13.0. The van der Waals surface area contributed by atoms with Crippen molar-refractivity contribution < 1.29 is 13.2 Å². The van der Waals surface area contributed by atoms with Gasteiger partial charge in [-0.25, -0.2) is 8.42 Å². The number of carbonyl (C=O) groups is 1. The fourth-order valence-electron chi connectivity index (χ4n) is 4.16. The molecule has 0 heterocycles. The summed E-state index contributed by atoms with van der Waals surface area (Å²) in [6.45, 7) is 5.64. The van der Waals surface area contributed by atoms with E-state index in [2.05, 4.69) is 17.4 Å². The van der Waals surface area contributed by atoms with Crippen LogP contribution in [0.4, 0.5) is 5.69 Å². The van der Waals surface area contributed by atoms with Crippen LogP contribution < -0.4 is 9.62 Å². The molecule has 0 bridgehead atoms. The highest BCUT2D eigenvalue weighted by molar-refractivity contribution is 7.92. The molecule has 3 rings (SSSR count). The van der Waals surface area contributed by atoms with Gasteiger partial charge in [-0.1, -0.05) is 43.3 Å². The Labute approximate surface area is 174 Å². The van der Waals surface area contributed by atoms with Crippen molar-refractivity contribution in [3.05, 3.63) is 64.7 Å². The smallest absolute Gasteiger partial charge is 0.244 e. The Morgan fingerprint density at radius 2 is 1.93 bits per heavy atom. The molecule has 2 aromatic rings. The number of benzene rings is 2. The molecule has 5 nitrogen and oxygen atoms in total. The molecule has 0 radical (unpaired) electrons. The third-order valence-corrected chi connectivity index (χ3v) is 6.78. The molecule has 1 amide bonds. The van der Waals surface area contributed by atoms with Gasteiger partial charge in [-0.3, -0.25) is 9.10 Å². The van der Waals surface area contributed by atoms with Crippen molar-refractivity contribution in [2.45, 2.75) is 58.5 Å². The molecule has 1 aliphatic carbocycles. The van der Waals surface area contributed by atoms with Crippen molar-refractivity contribution in [2.24, 2.45) is 0 Å². The Morgan fingerprint density at radius 3 is 2.62 bits per heavy atom. The van der Waals surface area contributed by atoms with Crippen LogP contribution in [0.15, 0.2) is 42.5 Å². The summed E-state index contributed by atoms with van der Waals surface area (Å²) in [4.78, 5) is 13.3. The van der Waals surface area contributed by atoms with Crippen molar-refractivity contribution in [2.75, 3.05) is 10.6 Å². The highest BCUT2D eigenvalue weighted by atomic mass is 32.2. The van der Waals surface area contributed by atoms with Crippen molar-refractivity contribution >= 4 is 21.6 Å². The molecule has 1 N–H and O–H groups in total. The quantitative estimate of drug-likeness (QED) is 0.776. The summed E-state index contributed by atoms with van der Waals surface area (Å²) >= 11 is 0. The zero-order valence-corrected chi connectivity index (χ0v) is 18.4. The average molecular weight is 415 g/mol. The lowest BCUT2D eigenvalue weighted by atomic mass is 9.87. The molecule has 0 aromatic heterocycles. The molecule has 0 aliphatic heterocycles. The molecule has 0 unspecified atom stereocenters. The topological polar surface area (TPSA) is 66.5 Å². The number of rotatable bonds is 6. The van der Waals surface area contributed by atoms with Gasteiger partial charge >= 0.3 is 0 Å². The molecule has 6 heteroatoms. The Hall–Kier alpha value is -2.34. The van der Waals surface area contributed by atoms with Gasteiger partial charge in [-0.05, 0) is 67.9 Å². The predicted molar refractivity (Wildman–Crippen MR) is 118 cm³/mol. The number of hydrogen-bond donors (Lipinski definition) is 1. The van der Waals surface area contributed by atoms with Crippen LogP contribution in [0, 0.1) is 13.8 Å². The Balaban J connectivity index is 1.94. The zero-order chi connectivity index (χ0) is 21.2. The summed E-state index contributed by atoms with van der Waals surface area (Å²) in [5.74, 6) is -0.250. The lowest BCUT2D eigenvalue weighted by Crippen LogP contribution is -2.50. The van der Waals surface area contributed by atoms with Crippen molar-refractivity contribution in [1.29, 1.82) is 0 Å². The van der Waals surface area contributed by atoms with E-state index in [0.717, 1.165) is 36.0 Å². The molecule has 1 aliphatic rings. The molecule has 0 saturated heterocycles. The second-order valence-electron chi connectivity index (χ2n) is 7.93. The standard InChI is InChI=1S/C23H30N2O3S/c1-5-21(25(29(4,27)28)22-15-16(2)13-14-17(22)3)23(26)24-20-12-8-10-18-9-6-7-11-19(18)20/h6-7,9,11,13-15,20-21H,5,8,10,12H2,1-4H3,(H,24,26)/t20-,21-/m0/s1. The van der Waals surface area contributed by atoms with Gasteiger partial charge in [-0.2, -0.15) is 0 Å². The first-order valence-corrected chi connectivity index (χ1v) is 12.0. The van der Waals surface area contributed by atoms with Crippen LogP contribution in [0.1, 0.15) is 54.5 Å². The summed E-state index contributed by atoms with van der Waals surface area (Å²) in [7, 11) is -3.64. The van der Waals surface area contributed by atoms with Crippen molar-refractivity contribution in [1.82, 2.24) is 5.32 Å². The monoisotopic (exact) mass is 414 g/mol. The van der Waals surface area contributed by atoms with Crippen LogP contribution >= 0.6 is 0 Å². The molecule has 29 heavy (non-hydrogen) atoms. The molecule has 0 fully saturated rings. The summed E-state index contributed by atoms with van der Waals surface area (Å²) in [5, 5.41) is 3.14. The SMILES string of the molecule is CC[C@@H](C(=O)N[C@H]1CCCc2ccccc21)N(c1cc(C)ccc1C)S(C)(=O)=O. The molecule has 0 saturated carbocycles. The highest BCUT2D eigenvalue weighted by Gasteiger charge is 2.34.